The molecular weight excluding hydrogens is 491 g/mol. The highest BCUT2D eigenvalue weighted by Gasteiger charge is 2.32. The molecule has 1 aliphatic carbocycles. The van der Waals surface area contributed by atoms with Gasteiger partial charge in [-0.25, -0.2) is 4.39 Å². The van der Waals surface area contributed by atoms with E-state index in [0.29, 0.717) is 22.8 Å². The standard InChI is InChI=1S/C30H32ClFN2O3/c1-21-17-25(15-16-26(21)31)37-20-29(35)34(19-23-11-5-8-14-27(23)32)28(18-22-9-3-2-4-10-22)30(36)33-24-12-6-7-13-24/h2-5,8-11,14-17,24,28H,6-7,12-13,18-20H2,1H3,(H,33,36). The van der Waals surface area contributed by atoms with Gasteiger partial charge in [0.05, 0.1) is 0 Å². The Balaban J connectivity index is 1.62. The third-order valence-corrected chi connectivity index (χ3v) is 7.19. The van der Waals surface area contributed by atoms with E-state index in [1.165, 1.54) is 11.0 Å². The second kappa shape index (κ2) is 12.7. The largest absolute Gasteiger partial charge is 0.484 e. The third kappa shape index (κ3) is 7.32. The molecule has 37 heavy (non-hydrogen) atoms. The number of rotatable bonds is 10. The normalized spacial score (nSPS) is 14.2. The van der Waals surface area contributed by atoms with Gasteiger partial charge >= 0.3 is 0 Å². The number of carbonyl (C=O) groups is 2. The molecule has 194 valence electrons. The van der Waals surface area contributed by atoms with Gasteiger partial charge < -0.3 is 15.0 Å². The summed E-state index contributed by atoms with van der Waals surface area (Å²) in [4.78, 5) is 28.7. The molecule has 2 amide bonds. The Hall–Kier alpha value is -3.38. The van der Waals surface area contributed by atoms with Gasteiger partial charge in [-0.2, -0.15) is 0 Å². The summed E-state index contributed by atoms with van der Waals surface area (Å²) < 4.78 is 20.5. The number of ether oxygens (including phenoxy) is 1. The van der Waals surface area contributed by atoms with Gasteiger partial charge in [-0.1, -0.05) is 73.0 Å². The van der Waals surface area contributed by atoms with Gasteiger partial charge in [0.1, 0.15) is 17.6 Å². The Morgan fingerprint density at radius 1 is 1.05 bits per heavy atom. The first-order chi connectivity index (χ1) is 17.9. The fourth-order valence-corrected chi connectivity index (χ4v) is 4.78. The van der Waals surface area contributed by atoms with Crippen LogP contribution in [0.25, 0.3) is 0 Å². The molecule has 0 aliphatic heterocycles. The lowest BCUT2D eigenvalue weighted by molar-refractivity contribution is -0.143. The smallest absolute Gasteiger partial charge is 0.261 e. The predicted octanol–water partition coefficient (Wildman–Crippen LogP) is 5.87. The Bertz CT molecular complexity index is 1210. The molecular formula is C30H32ClFN2O3. The van der Waals surface area contributed by atoms with Crippen LogP contribution < -0.4 is 10.1 Å². The molecule has 0 aromatic heterocycles. The van der Waals surface area contributed by atoms with Crippen molar-refractivity contribution in [2.45, 2.75) is 57.7 Å². The van der Waals surface area contributed by atoms with Gasteiger partial charge in [0, 0.05) is 29.6 Å². The lowest BCUT2D eigenvalue weighted by atomic mass is 10.0. The van der Waals surface area contributed by atoms with E-state index in [2.05, 4.69) is 5.32 Å². The summed E-state index contributed by atoms with van der Waals surface area (Å²) in [5.74, 6) is -0.568. The molecule has 1 fully saturated rings. The van der Waals surface area contributed by atoms with Crippen molar-refractivity contribution in [3.05, 3.63) is 100 Å². The maximum atomic E-state index is 14.7. The zero-order chi connectivity index (χ0) is 26.2. The summed E-state index contributed by atoms with van der Waals surface area (Å²) in [5.41, 5.74) is 2.08. The van der Waals surface area contributed by atoms with Crippen LogP contribution in [0.3, 0.4) is 0 Å². The van der Waals surface area contributed by atoms with E-state index >= 15 is 0 Å². The number of hydrogen-bond donors (Lipinski definition) is 1. The second-order valence-corrected chi connectivity index (χ2v) is 9.92. The number of amides is 2. The Morgan fingerprint density at radius 3 is 2.46 bits per heavy atom. The first-order valence-corrected chi connectivity index (χ1v) is 13.0. The average molecular weight is 523 g/mol. The summed E-state index contributed by atoms with van der Waals surface area (Å²) in [7, 11) is 0. The molecule has 7 heteroatoms. The highest BCUT2D eigenvalue weighted by atomic mass is 35.5. The Kier molecular flexibility index (Phi) is 9.18. The van der Waals surface area contributed by atoms with Gasteiger partial charge in [-0.3, -0.25) is 9.59 Å². The lowest BCUT2D eigenvalue weighted by Crippen LogP contribution is -2.53. The zero-order valence-electron chi connectivity index (χ0n) is 21.0. The van der Waals surface area contributed by atoms with Crippen molar-refractivity contribution in [2.24, 2.45) is 0 Å². The summed E-state index contributed by atoms with van der Waals surface area (Å²) >= 11 is 6.11. The minimum absolute atomic E-state index is 0.0515. The molecule has 0 heterocycles. The number of carbonyl (C=O) groups excluding carboxylic acids is 2. The number of hydrogen-bond acceptors (Lipinski definition) is 3. The van der Waals surface area contributed by atoms with Crippen LogP contribution in [0.5, 0.6) is 5.75 Å². The van der Waals surface area contributed by atoms with E-state index < -0.39 is 17.8 Å². The molecule has 1 saturated carbocycles. The lowest BCUT2D eigenvalue weighted by Gasteiger charge is -2.32. The van der Waals surface area contributed by atoms with E-state index in [1.54, 1.807) is 36.4 Å². The van der Waals surface area contributed by atoms with Crippen LogP contribution in [0.4, 0.5) is 4.39 Å². The SMILES string of the molecule is Cc1cc(OCC(=O)N(Cc2ccccc2F)C(Cc2ccccc2)C(=O)NC2CCCC2)ccc1Cl. The van der Waals surface area contributed by atoms with Gasteiger partial charge in [0.15, 0.2) is 6.61 Å². The quantitative estimate of drug-likeness (QED) is 0.362. The zero-order valence-corrected chi connectivity index (χ0v) is 21.7. The fraction of sp³-hybridized carbons (Fsp3) is 0.333. The number of halogens is 2. The van der Waals surface area contributed by atoms with E-state index in [0.717, 1.165) is 36.8 Å². The van der Waals surface area contributed by atoms with Gasteiger partial charge in [0.2, 0.25) is 5.91 Å². The second-order valence-electron chi connectivity index (χ2n) is 9.51. The van der Waals surface area contributed by atoms with Crippen LogP contribution in [-0.2, 0) is 22.6 Å². The van der Waals surface area contributed by atoms with Crippen molar-refractivity contribution in [1.82, 2.24) is 10.2 Å². The summed E-state index contributed by atoms with van der Waals surface area (Å²) in [6, 6.07) is 20.3. The van der Waals surface area contributed by atoms with E-state index in [9.17, 15) is 14.0 Å². The minimum Gasteiger partial charge on any atom is -0.484 e. The van der Waals surface area contributed by atoms with Crippen molar-refractivity contribution < 1.29 is 18.7 Å². The molecule has 0 saturated heterocycles. The Morgan fingerprint density at radius 2 is 1.76 bits per heavy atom. The molecule has 1 atom stereocenters. The topological polar surface area (TPSA) is 58.6 Å². The van der Waals surface area contributed by atoms with Crippen molar-refractivity contribution in [1.29, 1.82) is 0 Å². The number of aryl methyl sites for hydroxylation is 1. The maximum absolute atomic E-state index is 14.7. The highest BCUT2D eigenvalue weighted by molar-refractivity contribution is 6.31. The molecule has 3 aromatic rings. The average Bonchev–Trinajstić information content (AvgIpc) is 3.41. The van der Waals surface area contributed by atoms with E-state index in [-0.39, 0.29) is 25.1 Å². The van der Waals surface area contributed by atoms with Crippen LogP contribution in [-0.4, -0.2) is 35.4 Å². The number of nitrogens with zero attached hydrogens (tertiary/aromatic N) is 1. The summed E-state index contributed by atoms with van der Waals surface area (Å²) in [6.07, 6.45) is 4.29. The van der Waals surface area contributed by atoms with E-state index in [1.807, 2.05) is 37.3 Å². The van der Waals surface area contributed by atoms with E-state index in [4.69, 9.17) is 16.3 Å². The molecule has 5 nitrogen and oxygen atoms in total. The molecule has 1 unspecified atom stereocenters. The van der Waals surface area contributed by atoms with Crippen molar-refractivity contribution in [3.63, 3.8) is 0 Å². The van der Waals surface area contributed by atoms with Crippen LogP contribution >= 0.6 is 11.6 Å². The number of benzene rings is 3. The summed E-state index contributed by atoms with van der Waals surface area (Å²) in [5, 5.41) is 3.74. The highest BCUT2D eigenvalue weighted by Crippen LogP contribution is 2.23. The Labute approximate surface area is 222 Å². The van der Waals surface area contributed by atoms with Gasteiger partial charge in [-0.15, -0.1) is 0 Å². The minimum atomic E-state index is -0.828. The van der Waals surface area contributed by atoms with Crippen molar-refractivity contribution in [3.8, 4) is 5.75 Å². The third-order valence-electron chi connectivity index (χ3n) is 6.76. The molecule has 1 aliphatic rings. The molecule has 4 rings (SSSR count). The number of nitrogens with one attached hydrogen (secondary N) is 1. The van der Waals surface area contributed by atoms with Crippen LogP contribution in [0.1, 0.15) is 42.4 Å². The van der Waals surface area contributed by atoms with Crippen molar-refractivity contribution in [2.75, 3.05) is 6.61 Å². The molecule has 1 N–H and O–H groups in total. The van der Waals surface area contributed by atoms with Crippen LogP contribution in [0, 0.1) is 12.7 Å². The first-order valence-electron chi connectivity index (χ1n) is 12.7. The fourth-order valence-electron chi connectivity index (χ4n) is 4.67. The molecule has 0 radical (unpaired) electrons. The molecule has 0 bridgehead atoms. The molecule has 3 aromatic carbocycles. The monoisotopic (exact) mass is 522 g/mol. The van der Waals surface area contributed by atoms with Crippen LogP contribution in [0.15, 0.2) is 72.8 Å². The predicted molar refractivity (Wildman–Crippen MR) is 143 cm³/mol. The molecule has 0 spiro atoms. The summed E-state index contributed by atoms with van der Waals surface area (Å²) in [6.45, 7) is 1.51. The maximum Gasteiger partial charge on any atom is 0.261 e. The van der Waals surface area contributed by atoms with Gasteiger partial charge in [-0.05, 0) is 55.2 Å². The van der Waals surface area contributed by atoms with Crippen molar-refractivity contribution >= 4 is 23.4 Å². The van der Waals surface area contributed by atoms with Crippen LogP contribution in [0.2, 0.25) is 5.02 Å². The van der Waals surface area contributed by atoms with Gasteiger partial charge in [0.25, 0.3) is 5.91 Å². The first kappa shape index (κ1) is 26.7.